The first-order valence-electron chi connectivity index (χ1n) is 7.69. The van der Waals surface area contributed by atoms with Crippen LogP contribution in [0.2, 0.25) is 0 Å². The first-order valence-corrected chi connectivity index (χ1v) is 7.69. The maximum atomic E-state index is 14.2. The number of rotatable bonds is 8. The highest BCUT2D eigenvalue weighted by Crippen LogP contribution is 2.33. The molecule has 2 aromatic carbocycles. The Morgan fingerprint density at radius 3 is 2.54 bits per heavy atom. The predicted octanol–water partition coefficient (Wildman–Crippen LogP) is 3.56. The van der Waals surface area contributed by atoms with Crippen LogP contribution in [-0.2, 0) is 4.79 Å². The molecule has 0 unspecified atom stereocenters. The highest BCUT2D eigenvalue weighted by Gasteiger charge is 2.10. The fourth-order valence-corrected chi connectivity index (χ4v) is 2.13. The lowest BCUT2D eigenvalue weighted by atomic mass is 10.2. The van der Waals surface area contributed by atoms with Crippen molar-refractivity contribution >= 4 is 11.6 Å². The van der Waals surface area contributed by atoms with Gasteiger partial charge in [-0.05, 0) is 44.3 Å². The summed E-state index contributed by atoms with van der Waals surface area (Å²) in [5.41, 5.74) is 0.398. The van der Waals surface area contributed by atoms with Gasteiger partial charge in [-0.1, -0.05) is 12.1 Å². The number of para-hydroxylation sites is 2. The van der Waals surface area contributed by atoms with Crippen LogP contribution in [0.5, 0.6) is 17.2 Å². The molecule has 0 aliphatic carbocycles. The highest BCUT2D eigenvalue weighted by molar-refractivity contribution is 5.90. The topological polar surface area (TPSA) is 59.6 Å². The standard InChI is InChI=1S/C18H21FN2O3/c1-20-11-5-8-18(22)21-13-9-10-15(14(19)12-13)24-17-7-4-3-6-16(17)23-2/h3-4,6-7,9-10,12,20H,5,8,11H2,1-2H3,(H,21,22). The average Bonchev–Trinajstić information content (AvgIpc) is 2.58. The normalized spacial score (nSPS) is 10.3. The first-order chi connectivity index (χ1) is 11.6. The molecule has 2 N–H and O–H groups in total. The molecule has 0 saturated heterocycles. The Labute approximate surface area is 140 Å². The Kier molecular flexibility index (Phi) is 6.57. The first kappa shape index (κ1) is 17.7. The largest absolute Gasteiger partial charge is 0.493 e. The number of methoxy groups -OCH3 is 1. The van der Waals surface area contributed by atoms with Crippen molar-refractivity contribution in [1.82, 2.24) is 5.32 Å². The van der Waals surface area contributed by atoms with Gasteiger partial charge < -0.3 is 20.1 Å². The Balaban J connectivity index is 2.03. The van der Waals surface area contributed by atoms with E-state index in [2.05, 4.69) is 10.6 Å². The number of hydrogen-bond acceptors (Lipinski definition) is 4. The summed E-state index contributed by atoms with van der Waals surface area (Å²) in [7, 11) is 3.35. The summed E-state index contributed by atoms with van der Waals surface area (Å²) in [5.74, 6) is 0.284. The van der Waals surface area contributed by atoms with E-state index in [0.29, 0.717) is 23.6 Å². The van der Waals surface area contributed by atoms with E-state index in [1.54, 1.807) is 30.3 Å². The lowest BCUT2D eigenvalue weighted by molar-refractivity contribution is -0.116. The van der Waals surface area contributed by atoms with E-state index in [1.807, 2.05) is 7.05 Å². The van der Waals surface area contributed by atoms with E-state index in [1.165, 1.54) is 19.2 Å². The summed E-state index contributed by atoms with van der Waals surface area (Å²) in [6.07, 6.45) is 1.10. The van der Waals surface area contributed by atoms with Crippen molar-refractivity contribution in [3.8, 4) is 17.2 Å². The van der Waals surface area contributed by atoms with Crippen molar-refractivity contribution in [1.29, 1.82) is 0 Å². The summed E-state index contributed by atoms with van der Waals surface area (Å²) in [5, 5.41) is 5.64. The second-order valence-corrected chi connectivity index (χ2v) is 5.15. The van der Waals surface area contributed by atoms with Crippen LogP contribution in [0.15, 0.2) is 42.5 Å². The SMILES string of the molecule is CNCCCC(=O)Nc1ccc(Oc2ccccc2OC)c(F)c1. The third-order valence-corrected chi connectivity index (χ3v) is 3.34. The molecular formula is C18H21FN2O3. The smallest absolute Gasteiger partial charge is 0.224 e. The Bertz CT molecular complexity index is 692. The quantitative estimate of drug-likeness (QED) is 0.726. The third-order valence-electron chi connectivity index (χ3n) is 3.34. The number of hydrogen-bond donors (Lipinski definition) is 2. The maximum absolute atomic E-state index is 14.2. The molecule has 24 heavy (non-hydrogen) atoms. The number of carbonyl (C=O) groups excluding carboxylic acids is 1. The monoisotopic (exact) mass is 332 g/mol. The number of anilines is 1. The van der Waals surface area contributed by atoms with Gasteiger partial charge in [0.05, 0.1) is 7.11 Å². The van der Waals surface area contributed by atoms with Crippen LogP contribution in [0.25, 0.3) is 0 Å². The molecule has 1 amide bonds. The van der Waals surface area contributed by atoms with E-state index in [4.69, 9.17) is 9.47 Å². The molecular weight excluding hydrogens is 311 g/mol. The van der Waals surface area contributed by atoms with E-state index in [9.17, 15) is 9.18 Å². The molecule has 0 fully saturated rings. The van der Waals surface area contributed by atoms with Gasteiger partial charge >= 0.3 is 0 Å². The minimum Gasteiger partial charge on any atom is -0.493 e. The molecule has 0 aromatic heterocycles. The van der Waals surface area contributed by atoms with Crippen LogP contribution in [0, 0.1) is 5.82 Å². The summed E-state index contributed by atoms with van der Waals surface area (Å²) in [6, 6.07) is 11.3. The zero-order chi connectivity index (χ0) is 17.4. The van der Waals surface area contributed by atoms with E-state index in [-0.39, 0.29) is 11.7 Å². The second-order valence-electron chi connectivity index (χ2n) is 5.15. The van der Waals surface area contributed by atoms with Crippen LogP contribution < -0.4 is 20.1 Å². The second kappa shape index (κ2) is 8.88. The molecule has 128 valence electrons. The zero-order valence-corrected chi connectivity index (χ0v) is 13.8. The number of amides is 1. The third kappa shape index (κ3) is 4.96. The van der Waals surface area contributed by atoms with E-state index in [0.717, 1.165) is 13.0 Å². The maximum Gasteiger partial charge on any atom is 0.224 e. The minimum atomic E-state index is -0.561. The molecule has 6 heteroatoms. The Morgan fingerprint density at radius 2 is 1.88 bits per heavy atom. The van der Waals surface area contributed by atoms with Crippen LogP contribution in [0.1, 0.15) is 12.8 Å². The highest BCUT2D eigenvalue weighted by atomic mass is 19.1. The van der Waals surface area contributed by atoms with Gasteiger partial charge in [-0.25, -0.2) is 4.39 Å². The van der Waals surface area contributed by atoms with Gasteiger partial charge in [-0.15, -0.1) is 0 Å². The molecule has 0 radical (unpaired) electrons. The van der Waals surface area contributed by atoms with Gasteiger partial charge in [0.2, 0.25) is 5.91 Å². The van der Waals surface area contributed by atoms with E-state index >= 15 is 0 Å². The van der Waals surface area contributed by atoms with Crippen LogP contribution in [0.4, 0.5) is 10.1 Å². The molecule has 0 aliphatic rings. The van der Waals surface area contributed by atoms with Crippen molar-refractivity contribution in [2.24, 2.45) is 0 Å². The molecule has 2 aromatic rings. The zero-order valence-electron chi connectivity index (χ0n) is 13.8. The predicted molar refractivity (Wildman–Crippen MR) is 91.3 cm³/mol. The molecule has 0 bridgehead atoms. The molecule has 5 nitrogen and oxygen atoms in total. The number of benzene rings is 2. The summed E-state index contributed by atoms with van der Waals surface area (Å²) in [6.45, 7) is 0.757. The van der Waals surface area contributed by atoms with Crippen molar-refractivity contribution in [2.45, 2.75) is 12.8 Å². The Hall–Kier alpha value is -2.60. The Morgan fingerprint density at radius 1 is 1.12 bits per heavy atom. The van der Waals surface area contributed by atoms with Gasteiger partial charge in [-0.3, -0.25) is 4.79 Å². The lowest BCUT2D eigenvalue weighted by Gasteiger charge is -2.12. The average molecular weight is 332 g/mol. The minimum absolute atomic E-state index is 0.0627. The van der Waals surface area contributed by atoms with Gasteiger partial charge in [0.1, 0.15) is 0 Å². The van der Waals surface area contributed by atoms with Crippen LogP contribution >= 0.6 is 0 Å². The van der Waals surface area contributed by atoms with Gasteiger partial charge in [0, 0.05) is 18.2 Å². The number of halogens is 1. The molecule has 0 heterocycles. The fraction of sp³-hybridized carbons (Fsp3) is 0.278. The number of nitrogens with one attached hydrogen (secondary N) is 2. The van der Waals surface area contributed by atoms with Crippen LogP contribution in [-0.4, -0.2) is 26.6 Å². The molecule has 0 spiro atoms. The van der Waals surface area contributed by atoms with Gasteiger partial charge in [0.15, 0.2) is 23.1 Å². The fourth-order valence-electron chi connectivity index (χ4n) is 2.13. The van der Waals surface area contributed by atoms with Crippen molar-refractivity contribution in [2.75, 3.05) is 26.0 Å². The van der Waals surface area contributed by atoms with E-state index < -0.39 is 5.82 Å². The summed E-state index contributed by atoms with van der Waals surface area (Å²) < 4.78 is 24.9. The van der Waals surface area contributed by atoms with Crippen molar-refractivity contribution in [3.63, 3.8) is 0 Å². The number of carbonyl (C=O) groups is 1. The molecule has 2 rings (SSSR count). The molecule has 0 atom stereocenters. The van der Waals surface area contributed by atoms with Gasteiger partial charge in [0.25, 0.3) is 0 Å². The van der Waals surface area contributed by atoms with Crippen molar-refractivity contribution in [3.05, 3.63) is 48.3 Å². The number of ether oxygens (including phenoxy) is 2. The van der Waals surface area contributed by atoms with Crippen LogP contribution in [0.3, 0.4) is 0 Å². The summed E-state index contributed by atoms with van der Waals surface area (Å²) in [4.78, 5) is 11.7. The van der Waals surface area contributed by atoms with Gasteiger partial charge in [-0.2, -0.15) is 0 Å². The van der Waals surface area contributed by atoms with Crippen molar-refractivity contribution < 1.29 is 18.7 Å². The molecule has 0 aliphatic heterocycles. The summed E-state index contributed by atoms with van der Waals surface area (Å²) >= 11 is 0. The molecule has 0 saturated carbocycles. The lowest BCUT2D eigenvalue weighted by Crippen LogP contribution is -2.15.